The van der Waals surface area contributed by atoms with Crippen LogP contribution in [0, 0.1) is 0 Å². The molecule has 3 heteroatoms. The number of ether oxygens (including phenoxy) is 1. The van der Waals surface area contributed by atoms with Gasteiger partial charge in [-0.2, -0.15) is 0 Å². The van der Waals surface area contributed by atoms with E-state index in [1.54, 1.807) is 6.26 Å². The zero-order valence-electron chi connectivity index (χ0n) is 12.1. The summed E-state index contributed by atoms with van der Waals surface area (Å²) in [6, 6.07) is 8.79. The van der Waals surface area contributed by atoms with E-state index in [9.17, 15) is 0 Å². The van der Waals surface area contributed by atoms with Crippen molar-refractivity contribution in [1.29, 1.82) is 0 Å². The number of furan rings is 1. The van der Waals surface area contributed by atoms with Crippen molar-refractivity contribution in [2.45, 2.75) is 32.7 Å². The van der Waals surface area contributed by atoms with Crippen LogP contribution in [-0.2, 0) is 12.8 Å². The van der Waals surface area contributed by atoms with Crippen molar-refractivity contribution >= 4 is 0 Å². The van der Waals surface area contributed by atoms with Crippen LogP contribution in [0.4, 0.5) is 0 Å². The van der Waals surface area contributed by atoms with Gasteiger partial charge in [-0.1, -0.05) is 26.0 Å². The summed E-state index contributed by atoms with van der Waals surface area (Å²) in [5.41, 5.74) is 3.84. The Morgan fingerprint density at radius 2 is 2.15 bits per heavy atom. The lowest BCUT2D eigenvalue weighted by Crippen LogP contribution is -2.22. The van der Waals surface area contributed by atoms with Crippen LogP contribution in [0.2, 0.25) is 0 Å². The van der Waals surface area contributed by atoms with E-state index in [0.29, 0.717) is 0 Å². The Balaban J connectivity index is 1.98. The van der Waals surface area contributed by atoms with Crippen molar-refractivity contribution in [3.8, 4) is 5.75 Å². The lowest BCUT2D eigenvalue weighted by Gasteiger charge is -2.19. The number of nitrogens with one attached hydrogen (secondary N) is 1. The topological polar surface area (TPSA) is 34.4 Å². The van der Waals surface area contributed by atoms with Gasteiger partial charge in [0.15, 0.2) is 0 Å². The van der Waals surface area contributed by atoms with Gasteiger partial charge in [0.2, 0.25) is 0 Å². The lowest BCUT2D eigenvalue weighted by atomic mass is 9.96. The zero-order valence-corrected chi connectivity index (χ0v) is 12.1. The summed E-state index contributed by atoms with van der Waals surface area (Å²) in [5.74, 6) is 2.10. The molecule has 1 aromatic carbocycles. The van der Waals surface area contributed by atoms with Crippen LogP contribution < -0.4 is 10.1 Å². The summed E-state index contributed by atoms with van der Waals surface area (Å²) in [6.45, 7) is 5.99. The first-order chi connectivity index (χ1) is 9.83. The minimum absolute atomic E-state index is 0.194. The van der Waals surface area contributed by atoms with Crippen LogP contribution in [0.15, 0.2) is 34.9 Å². The number of hydrogen-bond donors (Lipinski definition) is 1. The molecule has 0 amide bonds. The molecule has 0 aliphatic carbocycles. The van der Waals surface area contributed by atoms with Gasteiger partial charge < -0.3 is 14.5 Å². The van der Waals surface area contributed by atoms with Crippen LogP contribution in [0.1, 0.15) is 42.3 Å². The summed E-state index contributed by atoms with van der Waals surface area (Å²) in [5, 5.41) is 3.57. The summed E-state index contributed by atoms with van der Waals surface area (Å²) in [7, 11) is 0. The highest BCUT2D eigenvalue weighted by Crippen LogP contribution is 2.32. The molecule has 2 heterocycles. The van der Waals surface area contributed by atoms with Crippen LogP contribution >= 0.6 is 0 Å². The van der Waals surface area contributed by atoms with E-state index in [4.69, 9.17) is 9.15 Å². The van der Waals surface area contributed by atoms with Crippen molar-refractivity contribution in [2.24, 2.45) is 0 Å². The van der Waals surface area contributed by atoms with Gasteiger partial charge in [-0.3, -0.25) is 0 Å². The Kier molecular flexibility index (Phi) is 3.79. The number of aryl methyl sites for hydroxylation is 1. The van der Waals surface area contributed by atoms with Gasteiger partial charge in [0.25, 0.3) is 0 Å². The molecule has 1 unspecified atom stereocenters. The molecular formula is C17H21NO2. The number of hydrogen-bond acceptors (Lipinski definition) is 3. The van der Waals surface area contributed by atoms with Crippen molar-refractivity contribution in [2.75, 3.05) is 13.2 Å². The first kappa shape index (κ1) is 13.3. The average Bonchev–Trinajstić information content (AvgIpc) is 3.12. The molecule has 0 spiro atoms. The molecule has 3 rings (SSSR count). The third-order valence-electron chi connectivity index (χ3n) is 3.87. The molecule has 0 saturated carbocycles. The Morgan fingerprint density at radius 1 is 1.25 bits per heavy atom. The largest absolute Gasteiger partial charge is 0.493 e. The molecule has 106 valence electrons. The monoisotopic (exact) mass is 271 g/mol. The predicted molar refractivity (Wildman–Crippen MR) is 79.2 cm³/mol. The van der Waals surface area contributed by atoms with Gasteiger partial charge in [0, 0.05) is 18.4 Å². The van der Waals surface area contributed by atoms with Crippen molar-refractivity contribution in [3.63, 3.8) is 0 Å². The molecule has 0 radical (unpaired) electrons. The average molecular weight is 271 g/mol. The summed E-state index contributed by atoms with van der Waals surface area (Å²) in [6.07, 6.45) is 3.71. The standard InChI is InChI=1S/C17H21NO2/c1-3-15-14(8-10-19-15)17(18-4-2)13-5-6-16-12(11-13)7-9-20-16/h5-6,8,10-11,17-18H,3-4,7,9H2,1-2H3. The van der Waals surface area contributed by atoms with E-state index >= 15 is 0 Å². The summed E-state index contributed by atoms with van der Waals surface area (Å²) >= 11 is 0. The van der Waals surface area contributed by atoms with Gasteiger partial charge in [0.05, 0.1) is 18.9 Å². The maximum absolute atomic E-state index is 5.59. The zero-order chi connectivity index (χ0) is 13.9. The Labute approximate surface area is 119 Å². The molecule has 0 saturated heterocycles. The highest BCUT2D eigenvalue weighted by atomic mass is 16.5. The highest BCUT2D eigenvalue weighted by molar-refractivity contribution is 5.43. The van der Waals surface area contributed by atoms with E-state index in [-0.39, 0.29) is 6.04 Å². The molecule has 1 N–H and O–H groups in total. The highest BCUT2D eigenvalue weighted by Gasteiger charge is 2.21. The minimum atomic E-state index is 0.194. The normalized spacial score (nSPS) is 14.9. The minimum Gasteiger partial charge on any atom is -0.493 e. The second kappa shape index (κ2) is 5.71. The maximum Gasteiger partial charge on any atom is 0.122 e. The molecule has 2 aromatic rings. The van der Waals surface area contributed by atoms with Crippen molar-refractivity contribution < 1.29 is 9.15 Å². The number of fused-ring (bicyclic) bond motifs is 1. The predicted octanol–water partition coefficient (Wildman–Crippen LogP) is 3.48. The fourth-order valence-electron chi connectivity index (χ4n) is 2.89. The van der Waals surface area contributed by atoms with Crippen molar-refractivity contribution in [3.05, 3.63) is 53.0 Å². The fourth-order valence-corrected chi connectivity index (χ4v) is 2.89. The van der Waals surface area contributed by atoms with E-state index in [2.05, 4.69) is 43.4 Å². The lowest BCUT2D eigenvalue weighted by molar-refractivity contribution is 0.357. The van der Waals surface area contributed by atoms with E-state index in [0.717, 1.165) is 37.5 Å². The van der Waals surface area contributed by atoms with Gasteiger partial charge in [-0.25, -0.2) is 0 Å². The molecule has 1 aliphatic heterocycles. The first-order valence-electron chi connectivity index (χ1n) is 7.38. The Morgan fingerprint density at radius 3 is 2.95 bits per heavy atom. The molecule has 1 aromatic heterocycles. The van der Waals surface area contributed by atoms with E-state index < -0.39 is 0 Å². The molecule has 1 aliphatic rings. The smallest absolute Gasteiger partial charge is 0.122 e. The summed E-state index contributed by atoms with van der Waals surface area (Å²) in [4.78, 5) is 0. The van der Waals surface area contributed by atoms with Crippen molar-refractivity contribution in [1.82, 2.24) is 5.32 Å². The Hall–Kier alpha value is -1.74. The second-order valence-electron chi connectivity index (χ2n) is 5.11. The van der Waals surface area contributed by atoms with Crippen LogP contribution in [0.25, 0.3) is 0 Å². The molecule has 1 atom stereocenters. The number of rotatable bonds is 5. The van der Waals surface area contributed by atoms with Gasteiger partial charge in [-0.15, -0.1) is 0 Å². The van der Waals surface area contributed by atoms with Gasteiger partial charge in [0.1, 0.15) is 11.5 Å². The second-order valence-corrected chi connectivity index (χ2v) is 5.11. The molecule has 20 heavy (non-hydrogen) atoms. The van der Waals surface area contributed by atoms with Crippen LogP contribution in [0.5, 0.6) is 5.75 Å². The molecule has 3 nitrogen and oxygen atoms in total. The van der Waals surface area contributed by atoms with E-state index in [1.165, 1.54) is 16.7 Å². The maximum atomic E-state index is 5.59. The van der Waals surface area contributed by atoms with Crippen LogP contribution in [0.3, 0.4) is 0 Å². The van der Waals surface area contributed by atoms with Gasteiger partial charge in [-0.05, 0) is 29.8 Å². The summed E-state index contributed by atoms with van der Waals surface area (Å²) < 4.78 is 11.2. The third kappa shape index (κ3) is 2.34. The SMILES string of the molecule is CCNC(c1ccc2c(c1)CCO2)c1ccoc1CC. The van der Waals surface area contributed by atoms with Crippen LogP contribution in [-0.4, -0.2) is 13.2 Å². The molecular weight excluding hydrogens is 250 g/mol. The fraction of sp³-hybridized carbons (Fsp3) is 0.412. The number of benzene rings is 1. The van der Waals surface area contributed by atoms with E-state index in [1.807, 2.05) is 0 Å². The quantitative estimate of drug-likeness (QED) is 0.904. The Bertz CT molecular complexity index is 588. The molecule has 0 fully saturated rings. The first-order valence-corrected chi connectivity index (χ1v) is 7.38. The third-order valence-corrected chi connectivity index (χ3v) is 3.87. The van der Waals surface area contributed by atoms with Gasteiger partial charge >= 0.3 is 0 Å². The molecule has 0 bridgehead atoms.